The molecule has 0 aliphatic carbocycles. The van der Waals surface area contributed by atoms with Gasteiger partial charge in [0.05, 0.1) is 12.7 Å². The van der Waals surface area contributed by atoms with Gasteiger partial charge in [-0.3, -0.25) is 0 Å². The number of para-hydroxylation sites is 1. The Morgan fingerprint density at radius 2 is 1.71 bits per heavy atom. The van der Waals surface area contributed by atoms with E-state index in [2.05, 4.69) is 0 Å². The van der Waals surface area contributed by atoms with Gasteiger partial charge in [0.2, 0.25) is 0 Å². The normalized spacial score (nSPS) is 11.2. The molecule has 0 fully saturated rings. The highest BCUT2D eigenvalue weighted by Crippen LogP contribution is 2.35. The molecule has 21 heavy (non-hydrogen) atoms. The van der Waals surface area contributed by atoms with Crippen molar-refractivity contribution in [3.05, 3.63) is 53.6 Å². The van der Waals surface area contributed by atoms with Crippen molar-refractivity contribution in [2.24, 2.45) is 0 Å². The van der Waals surface area contributed by atoms with E-state index < -0.39 is 17.7 Å². The molecule has 0 saturated carbocycles. The molecule has 2 aromatic carbocycles. The number of hydrogen-bond acceptors (Lipinski definition) is 2. The summed E-state index contributed by atoms with van der Waals surface area (Å²) in [7, 11) is 1.31. The number of hydrogen-bond donors (Lipinski definition) is 1. The second-order valence-electron chi connectivity index (χ2n) is 4.27. The Morgan fingerprint density at radius 3 is 2.19 bits per heavy atom. The number of carbonyl (C=O) groups is 1. The van der Waals surface area contributed by atoms with E-state index in [1.807, 2.05) is 0 Å². The van der Waals surface area contributed by atoms with Crippen molar-refractivity contribution < 1.29 is 27.8 Å². The maximum atomic E-state index is 12.5. The SMILES string of the molecule is COc1c(C(=O)O)cccc1-c1ccc(C(F)(F)F)cc1. The molecule has 0 aliphatic heterocycles. The number of halogens is 3. The lowest BCUT2D eigenvalue weighted by molar-refractivity contribution is -0.137. The Labute approximate surface area is 118 Å². The molecule has 0 saturated heterocycles. The van der Waals surface area contributed by atoms with Crippen LogP contribution in [0.3, 0.4) is 0 Å². The zero-order valence-corrected chi connectivity index (χ0v) is 10.9. The number of methoxy groups -OCH3 is 1. The van der Waals surface area contributed by atoms with Gasteiger partial charge in [0.15, 0.2) is 0 Å². The van der Waals surface area contributed by atoms with Crippen LogP contribution in [0.2, 0.25) is 0 Å². The summed E-state index contributed by atoms with van der Waals surface area (Å²) >= 11 is 0. The van der Waals surface area contributed by atoms with E-state index >= 15 is 0 Å². The van der Waals surface area contributed by atoms with Crippen molar-refractivity contribution in [3.8, 4) is 16.9 Å². The van der Waals surface area contributed by atoms with Gasteiger partial charge in [-0.05, 0) is 23.8 Å². The summed E-state index contributed by atoms with van der Waals surface area (Å²) in [6.45, 7) is 0. The van der Waals surface area contributed by atoms with E-state index in [1.165, 1.54) is 31.4 Å². The summed E-state index contributed by atoms with van der Waals surface area (Å²) in [5.74, 6) is -1.05. The van der Waals surface area contributed by atoms with Crippen molar-refractivity contribution in [1.82, 2.24) is 0 Å². The molecule has 2 rings (SSSR count). The van der Waals surface area contributed by atoms with Gasteiger partial charge in [-0.15, -0.1) is 0 Å². The number of carboxylic acid groups (broad SMARTS) is 1. The number of benzene rings is 2. The first-order chi connectivity index (χ1) is 9.84. The fourth-order valence-electron chi connectivity index (χ4n) is 1.99. The van der Waals surface area contributed by atoms with Crippen LogP contribution < -0.4 is 4.74 Å². The van der Waals surface area contributed by atoms with Gasteiger partial charge >= 0.3 is 12.1 Å². The van der Waals surface area contributed by atoms with Crippen LogP contribution in [0.4, 0.5) is 13.2 Å². The lowest BCUT2D eigenvalue weighted by Gasteiger charge is -2.12. The molecular weight excluding hydrogens is 285 g/mol. The zero-order valence-electron chi connectivity index (χ0n) is 10.9. The second-order valence-corrected chi connectivity index (χ2v) is 4.27. The zero-order chi connectivity index (χ0) is 15.6. The minimum atomic E-state index is -4.41. The maximum absolute atomic E-state index is 12.5. The highest BCUT2D eigenvalue weighted by Gasteiger charge is 2.30. The Kier molecular flexibility index (Phi) is 3.88. The van der Waals surface area contributed by atoms with Crippen molar-refractivity contribution in [2.75, 3.05) is 7.11 Å². The van der Waals surface area contributed by atoms with E-state index in [9.17, 15) is 18.0 Å². The molecular formula is C15H11F3O3. The Hall–Kier alpha value is -2.50. The fraction of sp³-hybridized carbons (Fsp3) is 0.133. The van der Waals surface area contributed by atoms with Gasteiger partial charge in [0, 0.05) is 5.56 Å². The predicted molar refractivity (Wildman–Crippen MR) is 70.4 cm³/mol. The monoisotopic (exact) mass is 296 g/mol. The van der Waals surface area contributed by atoms with Gasteiger partial charge in [0.1, 0.15) is 11.3 Å². The van der Waals surface area contributed by atoms with Crippen LogP contribution in [0.1, 0.15) is 15.9 Å². The molecule has 0 unspecified atom stereocenters. The number of aromatic carboxylic acids is 1. The average Bonchev–Trinajstić information content (AvgIpc) is 2.45. The van der Waals surface area contributed by atoms with Crippen LogP contribution in [0.15, 0.2) is 42.5 Å². The van der Waals surface area contributed by atoms with E-state index in [4.69, 9.17) is 9.84 Å². The molecule has 2 aromatic rings. The highest BCUT2D eigenvalue weighted by atomic mass is 19.4. The van der Waals surface area contributed by atoms with Crippen LogP contribution in [0.25, 0.3) is 11.1 Å². The highest BCUT2D eigenvalue weighted by molar-refractivity contribution is 5.94. The largest absolute Gasteiger partial charge is 0.495 e. The van der Waals surface area contributed by atoms with E-state index in [1.54, 1.807) is 6.07 Å². The number of ether oxygens (including phenoxy) is 1. The standard InChI is InChI=1S/C15H11F3O3/c1-21-13-11(3-2-4-12(13)14(19)20)9-5-7-10(8-6-9)15(16,17)18/h2-8H,1H3,(H,19,20). The number of carboxylic acids is 1. The van der Waals surface area contributed by atoms with Crippen LogP contribution in [-0.2, 0) is 6.18 Å². The van der Waals surface area contributed by atoms with Gasteiger partial charge in [-0.1, -0.05) is 24.3 Å². The molecule has 0 atom stereocenters. The lowest BCUT2D eigenvalue weighted by Crippen LogP contribution is -2.04. The summed E-state index contributed by atoms with van der Waals surface area (Å²) in [5, 5.41) is 9.09. The third-order valence-electron chi connectivity index (χ3n) is 2.97. The number of alkyl halides is 3. The van der Waals surface area contributed by atoms with Gasteiger partial charge in [-0.25, -0.2) is 4.79 Å². The van der Waals surface area contributed by atoms with Crippen molar-refractivity contribution in [2.45, 2.75) is 6.18 Å². The summed E-state index contributed by atoms with van der Waals surface area (Å²) < 4.78 is 42.7. The summed E-state index contributed by atoms with van der Waals surface area (Å²) in [4.78, 5) is 11.1. The molecule has 1 N–H and O–H groups in total. The smallest absolute Gasteiger partial charge is 0.416 e. The molecule has 0 bridgehead atoms. The Bertz CT molecular complexity index is 661. The minimum Gasteiger partial charge on any atom is -0.495 e. The topological polar surface area (TPSA) is 46.5 Å². The summed E-state index contributed by atoms with van der Waals surface area (Å²) in [6.07, 6.45) is -4.41. The van der Waals surface area contributed by atoms with Gasteiger partial charge in [-0.2, -0.15) is 13.2 Å². The van der Waals surface area contributed by atoms with Crippen molar-refractivity contribution in [3.63, 3.8) is 0 Å². The first-order valence-corrected chi connectivity index (χ1v) is 5.92. The van der Waals surface area contributed by atoms with Crippen LogP contribution in [0, 0.1) is 0 Å². The van der Waals surface area contributed by atoms with Gasteiger partial charge in [0.25, 0.3) is 0 Å². The van der Waals surface area contributed by atoms with E-state index in [0.29, 0.717) is 11.1 Å². The minimum absolute atomic E-state index is 0.0464. The average molecular weight is 296 g/mol. The van der Waals surface area contributed by atoms with Crippen LogP contribution in [0.5, 0.6) is 5.75 Å². The molecule has 0 heterocycles. The van der Waals surface area contributed by atoms with Crippen molar-refractivity contribution >= 4 is 5.97 Å². The molecule has 0 aliphatic rings. The lowest BCUT2D eigenvalue weighted by atomic mass is 10.00. The number of rotatable bonds is 3. The first-order valence-electron chi connectivity index (χ1n) is 5.92. The molecule has 0 radical (unpaired) electrons. The summed E-state index contributed by atoms with van der Waals surface area (Å²) in [5.41, 5.74) is 0.0589. The summed E-state index contributed by atoms with van der Waals surface area (Å²) in [6, 6.07) is 8.94. The van der Waals surface area contributed by atoms with Gasteiger partial charge < -0.3 is 9.84 Å². The molecule has 0 aromatic heterocycles. The predicted octanol–water partition coefficient (Wildman–Crippen LogP) is 4.08. The van der Waals surface area contributed by atoms with E-state index in [0.717, 1.165) is 12.1 Å². The van der Waals surface area contributed by atoms with Crippen LogP contribution in [-0.4, -0.2) is 18.2 Å². The molecule has 0 spiro atoms. The third kappa shape index (κ3) is 2.99. The first kappa shape index (κ1) is 14.9. The molecule has 3 nitrogen and oxygen atoms in total. The Balaban J connectivity index is 2.52. The van der Waals surface area contributed by atoms with Crippen molar-refractivity contribution in [1.29, 1.82) is 0 Å². The maximum Gasteiger partial charge on any atom is 0.416 e. The fourth-order valence-corrected chi connectivity index (χ4v) is 1.99. The van der Waals surface area contributed by atoms with Crippen LogP contribution >= 0.6 is 0 Å². The molecule has 110 valence electrons. The molecule has 6 heteroatoms. The van der Waals surface area contributed by atoms with E-state index in [-0.39, 0.29) is 11.3 Å². The quantitative estimate of drug-likeness (QED) is 0.928. The second kappa shape index (κ2) is 5.47. The Morgan fingerprint density at radius 1 is 1.10 bits per heavy atom. The third-order valence-corrected chi connectivity index (χ3v) is 2.97. The molecule has 0 amide bonds.